The predicted octanol–water partition coefficient (Wildman–Crippen LogP) is 0.524. The molecule has 1 heterocycles. The second-order valence-corrected chi connectivity index (χ2v) is 5.12. The van der Waals surface area contributed by atoms with E-state index in [1.54, 1.807) is 13.8 Å². The molecule has 0 fully saturated rings. The zero-order valence-corrected chi connectivity index (χ0v) is 11.8. The molecule has 0 saturated carbocycles. The number of aromatic amines is 1. The van der Waals surface area contributed by atoms with Gasteiger partial charge in [0.1, 0.15) is 5.56 Å². The van der Waals surface area contributed by atoms with Gasteiger partial charge >= 0.3 is 0 Å². The molecule has 0 saturated heterocycles. The molecule has 0 aliphatic heterocycles. The van der Waals surface area contributed by atoms with Crippen molar-refractivity contribution < 1.29 is 9.90 Å². The first-order chi connectivity index (χ1) is 8.86. The van der Waals surface area contributed by atoms with Crippen molar-refractivity contribution in [1.82, 2.24) is 15.5 Å². The van der Waals surface area contributed by atoms with E-state index in [0.29, 0.717) is 23.6 Å². The first-order valence-electron chi connectivity index (χ1n) is 6.34. The van der Waals surface area contributed by atoms with E-state index in [9.17, 15) is 14.7 Å². The van der Waals surface area contributed by atoms with Crippen molar-refractivity contribution in [2.75, 3.05) is 6.61 Å². The van der Waals surface area contributed by atoms with Gasteiger partial charge in [-0.2, -0.15) is 5.10 Å². The molecule has 3 N–H and O–H groups in total. The lowest BCUT2D eigenvalue weighted by Crippen LogP contribution is -2.41. The highest BCUT2D eigenvalue weighted by Crippen LogP contribution is 2.08. The standard InChI is InChI=1S/C13H21N3O3/c1-7(2)5-10(6-17)14-12(18)11-8(3)9(4)15-16-13(11)19/h7,10,17H,5-6H2,1-4H3,(H,14,18)(H,16,19). The summed E-state index contributed by atoms with van der Waals surface area (Å²) >= 11 is 0. The summed E-state index contributed by atoms with van der Waals surface area (Å²) in [4.78, 5) is 23.8. The minimum Gasteiger partial charge on any atom is -0.394 e. The van der Waals surface area contributed by atoms with Crippen LogP contribution in [0.25, 0.3) is 0 Å². The summed E-state index contributed by atoms with van der Waals surface area (Å²) in [6.45, 7) is 7.26. The normalized spacial score (nSPS) is 12.5. The largest absolute Gasteiger partial charge is 0.394 e. The van der Waals surface area contributed by atoms with Crippen LogP contribution in [0, 0.1) is 19.8 Å². The molecule has 1 atom stereocenters. The molecule has 6 nitrogen and oxygen atoms in total. The number of carbonyl (C=O) groups excluding carboxylic acids is 1. The van der Waals surface area contributed by atoms with Crippen LogP contribution < -0.4 is 10.9 Å². The lowest BCUT2D eigenvalue weighted by atomic mass is 10.0. The quantitative estimate of drug-likeness (QED) is 0.725. The van der Waals surface area contributed by atoms with Crippen LogP contribution in [-0.2, 0) is 0 Å². The summed E-state index contributed by atoms with van der Waals surface area (Å²) in [6, 6.07) is -0.347. The highest BCUT2D eigenvalue weighted by atomic mass is 16.3. The van der Waals surface area contributed by atoms with Gasteiger partial charge in [-0.3, -0.25) is 9.59 Å². The molecule has 19 heavy (non-hydrogen) atoms. The van der Waals surface area contributed by atoms with Crippen LogP contribution in [0.3, 0.4) is 0 Å². The average molecular weight is 267 g/mol. The topological polar surface area (TPSA) is 95.1 Å². The Morgan fingerprint density at radius 3 is 2.58 bits per heavy atom. The minimum atomic E-state index is -0.512. The van der Waals surface area contributed by atoms with Crippen LogP contribution in [0.4, 0.5) is 0 Å². The van der Waals surface area contributed by atoms with E-state index in [1.807, 2.05) is 13.8 Å². The number of carbonyl (C=O) groups is 1. The van der Waals surface area contributed by atoms with E-state index in [0.717, 1.165) is 0 Å². The Morgan fingerprint density at radius 2 is 2.05 bits per heavy atom. The third-order valence-corrected chi connectivity index (χ3v) is 3.01. The third kappa shape index (κ3) is 3.89. The molecule has 1 aromatic rings. The van der Waals surface area contributed by atoms with Gasteiger partial charge in [0.25, 0.3) is 11.5 Å². The van der Waals surface area contributed by atoms with Crippen molar-refractivity contribution in [2.45, 2.75) is 40.2 Å². The number of aliphatic hydroxyl groups excluding tert-OH is 1. The van der Waals surface area contributed by atoms with Crippen LogP contribution in [0.15, 0.2) is 4.79 Å². The lowest BCUT2D eigenvalue weighted by Gasteiger charge is -2.18. The molecular weight excluding hydrogens is 246 g/mol. The van der Waals surface area contributed by atoms with Gasteiger partial charge < -0.3 is 10.4 Å². The Morgan fingerprint density at radius 1 is 1.42 bits per heavy atom. The molecule has 1 aromatic heterocycles. The highest BCUT2D eigenvalue weighted by Gasteiger charge is 2.19. The first-order valence-corrected chi connectivity index (χ1v) is 6.34. The lowest BCUT2D eigenvalue weighted by molar-refractivity contribution is 0.0905. The summed E-state index contributed by atoms with van der Waals surface area (Å²) in [5.74, 6) is -0.125. The van der Waals surface area contributed by atoms with Crippen molar-refractivity contribution in [3.63, 3.8) is 0 Å². The minimum absolute atomic E-state index is 0.0645. The van der Waals surface area contributed by atoms with Crippen molar-refractivity contribution in [3.05, 3.63) is 27.2 Å². The van der Waals surface area contributed by atoms with Gasteiger partial charge in [0.2, 0.25) is 0 Å². The first kappa shape index (κ1) is 15.4. The van der Waals surface area contributed by atoms with Crippen LogP contribution >= 0.6 is 0 Å². The number of hydrogen-bond donors (Lipinski definition) is 3. The van der Waals surface area contributed by atoms with E-state index < -0.39 is 11.5 Å². The molecule has 1 unspecified atom stereocenters. The fraction of sp³-hybridized carbons (Fsp3) is 0.615. The molecule has 6 heteroatoms. The van der Waals surface area contributed by atoms with E-state index in [4.69, 9.17) is 0 Å². The van der Waals surface area contributed by atoms with Gasteiger partial charge in [0.05, 0.1) is 18.3 Å². The Labute approximate surface area is 112 Å². The summed E-state index contributed by atoms with van der Waals surface area (Å²) < 4.78 is 0. The fourth-order valence-corrected chi connectivity index (χ4v) is 1.90. The number of nitrogens with zero attached hydrogens (tertiary/aromatic N) is 1. The summed E-state index contributed by atoms with van der Waals surface area (Å²) in [5.41, 5.74) is 0.716. The van der Waals surface area contributed by atoms with E-state index in [-0.39, 0.29) is 18.2 Å². The molecule has 0 spiro atoms. The number of nitrogens with one attached hydrogen (secondary N) is 2. The Kier molecular flexibility index (Phi) is 5.23. The zero-order chi connectivity index (χ0) is 14.6. The molecular formula is C13H21N3O3. The summed E-state index contributed by atoms with van der Waals surface area (Å²) in [6.07, 6.45) is 0.656. The van der Waals surface area contributed by atoms with Crippen molar-refractivity contribution >= 4 is 5.91 Å². The number of amides is 1. The number of hydrogen-bond acceptors (Lipinski definition) is 4. The highest BCUT2D eigenvalue weighted by molar-refractivity contribution is 5.95. The number of aryl methyl sites for hydroxylation is 1. The summed E-state index contributed by atoms with van der Waals surface area (Å²) in [7, 11) is 0. The van der Waals surface area contributed by atoms with Crippen molar-refractivity contribution in [3.8, 4) is 0 Å². The average Bonchev–Trinajstić information content (AvgIpc) is 2.33. The Bertz CT molecular complexity index is 508. The summed E-state index contributed by atoms with van der Waals surface area (Å²) in [5, 5.41) is 18.0. The van der Waals surface area contributed by atoms with E-state index in [1.165, 1.54) is 0 Å². The maximum Gasteiger partial charge on any atom is 0.277 e. The molecule has 0 bridgehead atoms. The molecule has 1 amide bonds. The molecule has 0 aromatic carbocycles. The number of rotatable bonds is 5. The molecule has 1 rings (SSSR count). The van der Waals surface area contributed by atoms with Crippen molar-refractivity contribution in [1.29, 1.82) is 0 Å². The Hall–Kier alpha value is -1.69. The maximum atomic E-state index is 12.1. The van der Waals surface area contributed by atoms with Gasteiger partial charge in [-0.25, -0.2) is 5.10 Å². The molecule has 0 aliphatic rings. The molecule has 0 aliphatic carbocycles. The second kappa shape index (κ2) is 6.47. The van der Waals surface area contributed by atoms with Crippen LogP contribution in [-0.4, -0.2) is 33.9 Å². The SMILES string of the molecule is Cc1n[nH]c(=O)c(C(=O)NC(CO)CC(C)C)c1C. The van der Waals surface area contributed by atoms with Gasteiger partial charge in [-0.15, -0.1) is 0 Å². The smallest absolute Gasteiger partial charge is 0.277 e. The van der Waals surface area contributed by atoms with Gasteiger partial charge in [0, 0.05) is 0 Å². The molecule has 0 radical (unpaired) electrons. The predicted molar refractivity (Wildman–Crippen MR) is 72.1 cm³/mol. The van der Waals surface area contributed by atoms with E-state index >= 15 is 0 Å². The van der Waals surface area contributed by atoms with Gasteiger partial charge in [-0.05, 0) is 31.7 Å². The zero-order valence-electron chi connectivity index (χ0n) is 11.8. The number of H-pyrrole nitrogens is 1. The fourth-order valence-electron chi connectivity index (χ4n) is 1.90. The van der Waals surface area contributed by atoms with Gasteiger partial charge in [-0.1, -0.05) is 13.8 Å². The maximum absolute atomic E-state index is 12.1. The third-order valence-electron chi connectivity index (χ3n) is 3.01. The number of aliphatic hydroxyl groups is 1. The second-order valence-electron chi connectivity index (χ2n) is 5.12. The van der Waals surface area contributed by atoms with Crippen molar-refractivity contribution in [2.24, 2.45) is 5.92 Å². The number of aromatic nitrogens is 2. The molecule has 106 valence electrons. The van der Waals surface area contributed by atoms with E-state index in [2.05, 4.69) is 15.5 Å². The monoisotopic (exact) mass is 267 g/mol. The van der Waals surface area contributed by atoms with Gasteiger partial charge in [0.15, 0.2) is 0 Å². The van der Waals surface area contributed by atoms with Crippen LogP contribution in [0.5, 0.6) is 0 Å². The van der Waals surface area contributed by atoms with Crippen LogP contribution in [0.2, 0.25) is 0 Å². The van der Waals surface area contributed by atoms with Crippen LogP contribution in [0.1, 0.15) is 41.9 Å². The Balaban J connectivity index is 2.95.